The van der Waals surface area contributed by atoms with Crippen LogP contribution < -0.4 is 15.8 Å². The van der Waals surface area contributed by atoms with Crippen LogP contribution in [0.4, 0.5) is 5.69 Å². The quantitative estimate of drug-likeness (QED) is 0.883. The maximum atomic E-state index is 12.3. The first-order valence-electron chi connectivity index (χ1n) is 7.96. The fourth-order valence-corrected chi connectivity index (χ4v) is 2.72. The van der Waals surface area contributed by atoms with Gasteiger partial charge in [0.15, 0.2) is 0 Å². The zero-order valence-electron chi connectivity index (χ0n) is 13.2. The molecule has 0 aliphatic heterocycles. The van der Waals surface area contributed by atoms with E-state index in [9.17, 15) is 9.59 Å². The standard InChI is InChI=1S/C18H19N3O3/c19-17(22)12-9-10-15(20-11-12)18(23)21-14-7-3-4-8-16(14)24-13-5-1-2-6-13/h3-4,7-11,13H,1-2,5-6H2,(H2,19,22)(H,21,23). The molecule has 1 aromatic heterocycles. The van der Waals surface area contributed by atoms with Gasteiger partial charge in [-0.05, 0) is 49.9 Å². The number of nitrogens with two attached hydrogens (primary N) is 1. The third-order valence-corrected chi connectivity index (χ3v) is 4.01. The molecule has 6 nitrogen and oxygen atoms in total. The van der Waals surface area contributed by atoms with Gasteiger partial charge in [-0.2, -0.15) is 0 Å². The molecular formula is C18H19N3O3. The van der Waals surface area contributed by atoms with Crippen molar-refractivity contribution in [3.05, 3.63) is 53.9 Å². The van der Waals surface area contributed by atoms with E-state index in [4.69, 9.17) is 10.5 Å². The maximum absolute atomic E-state index is 12.3. The minimum atomic E-state index is -0.579. The number of carbonyl (C=O) groups is 2. The van der Waals surface area contributed by atoms with Crippen molar-refractivity contribution in [2.24, 2.45) is 5.73 Å². The first kappa shape index (κ1) is 16.0. The summed E-state index contributed by atoms with van der Waals surface area (Å²) in [6.07, 6.45) is 5.93. The van der Waals surface area contributed by atoms with Crippen LogP contribution in [0, 0.1) is 0 Å². The van der Waals surface area contributed by atoms with Crippen LogP contribution in [0.3, 0.4) is 0 Å². The number of pyridine rings is 1. The van der Waals surface area contributed by atoms with Crippen LogP contribution in [0.25, 0.3) is 0 Å². The number of primary amides is 1. The topological polar surface area (TPSA) is 94.3 Å². The van der Waals surface area contributed by atoms with Crippen molar-refractivity contribution in [1.82, 2.24) is 4.98 Å². The van der Waals surface area contributed by atoms with Gasteiger partial charge in [0.1, 0.15) is 11.4 Å². The normalized spacial score (nSPS) is 14.3. The Bertz CT molecular complexity index is 737. The molecule has 0 spiro atoms. The molecule has 6 heteroatoms. The number of para-hydroxylation sites is 2. The number of amides is 2. The summed E-state index contributed by atoms with van der Waals surface area (Å²) < 4.78 is 6.00. The molecule has 24 heavy (non-hydrogen) atoms. The number of nitrogens with one attached hydrogen (secondary N) is 1. The number of hydrogen-bond donors (Lipinski definition) is 2. The van der Waals surface area contributed by atoms with E-state index in [0.717, 1.165) is 12.8 Å². The van der Waals surface area contributed by atoms with E-state index < -0.39 is 5.91 Å². The van der Waals surface area contributed by atoms with Gasteiger partial charge in [-0.3, -0.25) is 14.6 Å². The van der Waals surface area contributed by atoms with Crippen LogP contribution in [0.2, 0.25) is 0 Å². The molecule has 2 amide bonds. The molecule has 124 valence electrons. The summed E-state index contributed by atoms with van der Waals surface area (Å²) in [5.74, 6) is -0.287. The molecule has 0 radical (unpaired) electrons. The molecule has 1 aliphatic carbocycles. The van der Waals surface area contributed by atoms with Gasteiger partial charge in [-0.15, -0.1) is 0 Å². The van der Waals surface area contributed by atoms with E-state index >= 15 is 0 Å². The average molecular weight is 325 g/mol. The van der Waals surface area contributed by atoms with Crippen molar-refractivity contribution >= 4 is 17.5 Å². The highest BCUT2D eigenvalue weighted by Crippen LogP contribution is 2.29. The van der Waals surface area contributed by atoms with Crippen LogP contribution in [0.5, 0.6) is 5.75 Å². The fraction of sp³-hybridized carbons (Fsp3) is 0.278. The summed E-state index contributed by atoms with van der Waals surface area (Å²) in [4.78, 5) is 27.4. The summed E-state index contributed by atoms with van der Waals surface area (Å²) >= 11 is 0. The lowest BCUT2D eigenvalue weighted by atomic mass is 10.2. The van der Waals surface area contributed by atoms with Crippen LogP contribution in [-0.2, 0) is 0 Å². The molecule has 0 atom stereocenters. The van der Waals surface area contributed by atoms with Crippen molar-refractivity contribution in [3.8, 4) is 5.75 Å². The maximum Gasteiger partial charge on any atom is 0.274 e. The highest BCUT2D eigenvalue weighted by Gasteiger charge is 2.19. The summed E-state index contributed by atoms with van der Waals surface area (Å²) in [5, 5.41) is 2.81. The van der Waals surface area contributed by atoms with Crippen LogP contribution in [-0.4, -0.2) is 22.9 Å². The van der Waals surface area contributed by atoms with Gasteiger partial charge in [-0.25, -0.2) is 0 Å². The number of benzene rings is 1. The van der Waals surface area contributed by atoms with Gasteiger partial charge < -0.3 is 15.8 Å². The molecule has 0 saturated heterocycles. The van der Waals surface area contributed by atoms with Gasteiger partial charge in [0.25, 0.3) is 5.91 Å². The van der Waals surface area contributed by atoms with Crippen LogP contribution in [0.15, 0.2) is 42.6 Å². The first-order valence-corrected chi connectivity index (χ1v) is 7.96. The number of carbonyl (C=O) groups excluding carboxylic acids is 2. The molecule has 1 saturated carbocycles. The second kappa shape index (κ2) is 7.12. The van der Waals surface area contributed by atoms with E-state index in [1.165, 1.54) is 31.2 Å². The summed E-state index contributed by atoms with van der Waals surface area (Å²) in [6, 6.07) is 10.3. The Kier molecular flexibility index (Phi) is 4.74. The van der Waals surface area contributed by atoms with Gasteiger partial charge in [-0.1, -0.05) is 12.1 Å². The Morgan fingerprint density at radius 2 is 1.88 bits per heavy atom. The average Bonchev–Trinajstić information content (AvgIpc) is 3.10. The number of anilines is 1. The molecule has 0 bridgehead atoms. The summed E-state index contributed by atoms with van der Waals surface area (Å²) in [7, 11) is 0. The molecule has 1 aliphatic rings. The second-order valence-electron chi connectivity index (χ2n) is 5.77. The highest BCUT2D eigenvalue weighted by molar-refractivity contribution is 6.04. The number of rotatable bonds is 5. The summed E-state index contributed by atoms with van der Waals surface area (Å²) in [5.41, 5.74) is 6.24. The van der Waals surface area contributed by atoms with Crippen molar-refractivity contribution in [3.63, 3.8) is 0 Å². The molecule has 2 aromatic rings. The molecular weight excluding hydrogens is 306 g/mol. The lowest BCUT2D eigenvalue weighted by molar-refractivity contribution is 0.0993. The Labute approximate surface area is 140 Å². The monoisotopic (exact) mass is 325 g/mol. The predicted octanol–water partition coefficient (Wildman–Crippen LogP) is 2.75. The van der Waals surface area contributed by atoms with Crippen molar-refractivity contribution < 1.29 is 14.3 Å². The van der Waals surface area contributed by atoms with Crippen molar-refractivity contribution in [2.75, 3.05) is 5.32 Å². The molecule has 1 aromatic carbocycles. The van der Waals surface area contributed by atoms with E-state index in [2.05, 4.69) is 10.3 Å². The zero-order chi connectivity index (χ0) is 16.9. The van der Waals surface area contributed by atoms with E-state index in [1.807, 2.05) is 18.2 Å². The molecule has 1 fully saturated rings. The van der Waals surface area contributed by atoms with E-state index in [0.29, 0.717) is 11.4 Å². The van der Waals surface area contributed by atoms with Crippen LogP contribution in [0.1, 0.15) is 46.5 Å². The molecule has 0 unspecified atom stereocenters. The number of nitrogens with zero attached hydrogens (tertiary/aromatic N) is 1. The Morgan fingerprint density at radius 3 is 2.54 bits per heavy atom. The van der Waals surface area contributed by atoms with Gasteiger partial charge in [0, 0.05) is 6.20 Å². The zero-order valence-corrected chi connectivity index (χ0v) is 13.2. The van der Waals surface area contributed by atoms with E-state index in [-0.39, 0.29) is 23.3 Å². The van der Waals surface area contributed by atoms with E-state index in [1.54, 1.807) is 6.07 Å². The Morgan fingerprint density at radius 1 is 1.12 bits per heavy atom. The van der Waals surface area contributed by atoms with Gasteiger partial charge in [0.05, 0.1) is 17.4 Å². The molecule has 3 N–H and O–H groups in total. The van der Waals surface area contributed by atoms with Crippen LogP contribution >= 0.6 is 0 Å². The third kappa shape index (κ3) is 3.71. The Hall–Kier alpha value is -2.89. The first-order chi connectivity index (χ1) is 11.6. The number of ether oxygens (including phenoxy) is 1. The number of hydrogen-bond acceptors (Lipinski definition) is 4. The number of aromatic nitrogens is 1. The Balaban J connectivity index is 1.72. The van der Waals surface area contributed by atoms with Gasteiger partial charge in [0.2, 0.25) is 5.91 Å². The largest absolute Gasteiger partial charge is 0.488 e. The highest BCUT2D eigenvalue weighted by atomic mass is 16.5. The van der Waals surface area contributed by atoms with Crippen molar-refractivity contribution in [1.29, 1.82) is 0 Å². The predicted molar refractivity (Wildman–Crippen MR) is 90.0 cm³/mol. The smallest absolute Gasteiger partial charge is 0.274 e. The lowest BCUT2D eigenvalue weighted by Crippen LogP contribution is -2.17. The fourth-order valence-electron chi connectivity index (χ4n) is 2.72. The van der Waals surface area contributed by atoms with Crippen molar-refractivity contribution in [2.45, 2.75) is 31.8 Å². The second-order valence-corrected chi connectivity index (χ2v) is 5.77. The SMILES string of the molecule is NC(=O)c1ccc(C(=O)Nc2ccccc2OC2CCCC2)nc1. The summed E-state index contributed by atoms with van der Waals surface area (Å²) in [6.45, 7) is 0. The lowest BCUT2D eigenvalue weighted by Gasteiger charge is -2.16. The van der Waals surface area contributed by atoms with Gasteiger partial charge >= 0.3 is 0 Å². The minimum absolute atomic E-state index is 0.204. The molecule has 1 heterocycles. The minimum Gasteiger partial charge on any atom is -0.488 e. The third-order valence-electron chi connectivity index (χ3n) is 4.01. The molecule has 3 rings (SSSR count).